The third-order valence-corrected chi connectivity index (χ3v) is 11.0. The molecule has 1 aliphatic heterocycles. The number of methoxy groups -OCH3 is 2. The van der Waals surface area contributed by atoms with Crippen LogP contribution in [0.1, 0.15) is 63.0 Å². The number of piperidine rings is 1. The van der Waals surface area contributed by atoms with E-state index in [-0.39, 0.29) is 41.9 Å². The van der Waals surface area contributed by atoms with Crippen LogP contribution < -0.4 is 14.8 Å². The fourth-order valence-electron chi connectivity index (χ4n) is 6.77. The molecular weight excluding hydrogens is 585 g/mol. The summed E-state index contributed by atoms with van der Waals surface area (Å²) in [6, 6.07) is 11.4. The van der Waals surface area contributed by atoms with E-state index in [0.29, 0.717) is 42.8 Å². The molecule has 2 unspecified atom stereocenters. The van der Waals surface area contributed by atoms with Crippen LogP contribution in [-0.2, 0) is 19.6 Å². The molecule has 2 aromatic rings. The van der Waals surface area contributed by atoms with Crippen molar-refractivity contribution in [2.45, 2.75) is 68.3 Å². The lowest BCUT2D eigenvalue weighted by atomic mass is 9.75. The quantitative estimate of drug-likeness (QED) is 0.312. The maximum absolute atomic E-state index is 13.5. The van der Waals surface area contributed by atoms with Gasteiger partial charge in [0.05, 0.1) is 25.7 Å². The van der Waals surface area contributed by atoms with Gasteiger partial charge in [0.1, 0.15) is 12.4 Å². The van der Waals surface area contributed by atoms with Gasteiger partial charge in [-0.2, -0.15) is 4.31 Å². The SMILES string of the molecule is COc1ccc(S(=O)(=O)N2CCCCC2COCC(=O)NCCC2CCC(C(c3ccc(F)cc3)N(C)C)CC2)cc1OC. The molecule has 0 aromatic heterocycles. The predicted octanol–water partition coefficient (Wildman–Crippen LogP) is 5.02. The summed E-state index contributed by atoms with van der Waals surface area (Å²) < 4.78 is 58.2. The summed E-state index contributed by atoms with van der Waals surface area (Å²) in [5.41, 5.74) is 1.15. The van der Waals surface area contributed by atoms with Crippen molar-refractivity contribution in [1.29, 1.82) is 0 Å². The molecule has 2 aliphatic rings. The smallest absolute Gasteiger partial charge is 0.245 e. The first-order chi connectivity index (χ1) is 21.1. The first-order valence-corrected chi connectivity index (χ1v) is 17.1. The average molecular weight is 634 g/mol. The lowest BCUT2D eigenvalue weighted by Gasteiger charge is -2.37. The van der Waals surface area contributed by atoms with Crippen molar-refractivity contribution in [2.75, 3.05) is 54.6 Å². The van der Waals surface area contributed by atoms with Crippen LogP contribution in [0.2, 0.25) is 0 Å². The van der Waals surface area contributed by atoms with Gasteiger partial charge in [0, 0.05) is 31.2 Å². The van der Waals surface area contributed by atoms with Crippen LogP contribution in [0.5, 0.6) is 11.5 Å². The highest BCUT2D eigenvalue weighted by Gasteiger charge is 2.34. The second-order valence-corrected chi connectivity index (χ2v) is 14.1. The van der Waals surface area contributed by atoms with Crippen LogP contribution >= 0.6 is 0 Å². The minimum absolute atomic E-state index is 0.102. The van der Waals surface area contributed by atoms with Crippen LogP contribution in [-0.4, -0.2) is 84.2 Å². The second kappa shape index (κ2) is 16.0. The van der Waals surface area contributed by atoms with E-state index in [1.54, 1.807) is 6.07 Å². The maximum atomic E-state index is 13.5. The number of benzene rings is 2. The number of hydrogen-bond acceptors (Lipinski definition) is 7. The van der Waals surface area contributed by atoms with Crippen LogP contribution in [0, 0.1) is 17.7 Å². The van der Waals surface area contributed by atoms with Crippen molar-refractivity contribution in [1.82, 2.24) is 14.5 Å². The van der Waals surface area contributed by atoms with Crippen molar-refractivity contribution < 1.29 is 31.8 Å². The fraction of sp³-hybridized carbons (Fsp3) is 0.606. The number of carbonyl (C=O) groups is 1. The van der Waals surface area contributed by atoms with Crippen molar-refractivity contribution in [3.8, 4) is 11.5 Å². The van der Waals surface area contributed by atoms with E-state index in [4.69, 9.17) is 14.2 Å². The van der Waals surface area contributed by atoms with Gasteiger partial charge < -0.3 is 24.4 Å². The Morgan fingerprint density at radius 3 is 2.36 bits per heavy atom. The van der Waals surface area contributed by atoms with Crippen LogP contribution in [0.3, 0.4) is 0 Å². The van der Waals surface area contributed by atoms with E-state index in [1.165, 1.54) is 42.8 Å². The standard InChI is InChI=1S/C33H48FN3O6S/c1-36(2)33(26-12-14-27(34)15-13-26)25-10-8-24(9-11-25)18-19-35-32(38)23-43-22-28-7-5-6-20-37(28)44(39,40)29-16-17-30(41-3)31(21-29)42-4/h12-17,21,24-25,28,33H,5-11,18-20,22-23H2,1-4H3,(H,35,38). The first kappa shape index (κ1) is 34.1. The average Bonchev–Trinajstić information content (AvgIpc) is 3.02. The summed E-state index contributed by atoms with van der Waals surface area (Å²) in [5, 5.41) is 2.98. The molecule has 0 radical (unpaired) electrons. The number of carbonyl (C=O) groups excluding carboxylic acids is 1. The molecule has 1 amide bonds. The summed E-state index contributed by atoms with van der Waals surface area (Å²) in [4.78, 5) is 14.9. The Morgan fingerprint density at radius 2 is 1.70 bits per heavy atom. The van der Waals surface area contributed by atoms with Gasteiger partial charge in [0.15, 0.2) is 11.5 Å². The molecule has 1 N–H and O–H groups in total. The Morgan fingerprint density at radius 1 is 1.00 bits per heavy atom. The number of rotatable bonds is 14. The molecule has 244 valence electrons. The van der Waals surface area contributed by atoms with Crippen LogP contribution in [0.25, 0.3) is 0 Å². The van der Waals surface area contributed by atoms with Crippen LogP contribution in [0.15, 0.2) is 47.4 Å². The number of amides is 1. The molecule has 4 rings (SSSR count). The van der Waals surface area contributed by atoms with Gasteiger partial charge in [0.25, 0.3) is 0 Å². The number of halogens is 1. The van der Waals surface area contributed by atoms with Gasteiger partial charge in [-0.3, -0.25) is 4.79 Å². The molecule has 2 aromatic carbocycles. The highest BCUT2D eigenvalue weighted by atomic mass is 32.2. The molecule has 2 atom stereocenters. The van der Waals surface area contributed by atoms with Crippen LogP contribution in [0.4, 0.5) is 4.39 Å². The van der Waals surface area contributed by atoms with E-state index in [0.717, 1.165) is 50.5 Å². The van der Waals surface area contributed by atoms with Gasteiger partial charge in [-0.1, -0.05) is 31.4 Å². The summed E-state index contributed by atoms with van der Waals surface area (Å²) in [6.07, 6.45) is 7.68. The first-order valence-electron chi connectivity index (χ1n) is 15.6. The van der Waals surface area contributed by atoms with Gasteiger partial charge in [-0.15, -0.1) is 0 Å². The Balaban J connectivity index is 1.19. The van der Waals surface area contributed by atoms with Gasteiger partial charge in [-0.05, 0) is 87.9 Å². The lowest BCUT2D eigenvalue weighted by Crippen LogP contribution is -2.46. The topological polar surface area (TPSA) is 97.4 Å². The number of sulfonamides is 1. The molecule has 1 aliphatic carbocycles. The van der Waals surface area contributed by atoms with E-state index in [2.05, 4.69) is 24.3 Å². The van der Waals surface area contributed by atoms with E-state index in [1.807, 2.05) is 12.1 Å². The zero-order valence-corrected chi connectivity index (χ0v) is 27.3. The number of nitrogens with zero attached hydrogens (tertiary/aromatic N) is 2. The molecule has 1 saturated heterocycles. The van der Waals surface area contributed by atoms with Gasteiger partial charge >= 0.3 is 0 Å². The van der Waals surface area contributed by atoms with E-state index < -0.39 is 10.0 Å². The summed E-state index contributed by atoms with van der Waals surface area (Å²) in [6.45, 7) is 1.05. The van der Waals surface area contributed by atoms with Gasteiger partial charge in [-0.25, -0.2) is 12.8 Å². The number of ether oxygens (including phenoxy) is 3. The Labute approximate surface area is 262 Å². The molecule has 2 fully saturated rings. The molecule has 11 heteroatoms. The minimum Gasteiger partial charge on any atom is -0.493 e. The molecule has 0 bridgehead atoms. The highest BCUT2D eigenvalue weighted by Crippen LogP contribution is 2.40. The molecule has 0 spiro atoms. The largest absolute Gasteiger partial charge is 0.493 e. The molecule has 1 heterocycles. The maximum Gasteiger partial charge on any atom is 0.245 e. The molecule has 1 saturated carbocycles. The zero-order chi connectivity index (χ0) is 31.7. The Kier molecular flexibility index (Phi) is 12.4. The van der Waals surface area contributed by atoms with Crippen molar-refractivity contribution in [2.24, 2.45) is 11.8 Å². The zero-order valence-electron chi connectivity index (χ0n) is 26.5. The second-order valence-electron chi connectivity index (χ2n) is 12.2. The number of hydrogen-bond donors (Lipinski definition) is 1. The molecule has 9 nitrogen and oxygen atoms in total. The normalized spacial score (nSPS) is 22.0. The van der Waals surface area contributed by atoms with Crippen molar-refractivity contribution >= 4 is 15.9 Å². The van der Waals surface area contributed by atoms with Gasteiger partial charge in [0.2, 0.25) is 15.9 Å². The lowest BCUT2D eigenvalue weighted by molar-refractivity contribution is -0.126. The highest BCUT2D eigenvalue weighted by molar-refractivity contribution is 7.89. The molecule has 44 heavy (non-hydrogen) atoms. The van der Waals surface area contributed by atoms with E-state index in [9.17, 15) is 17.6 Å². The van der Waals surface area contributed by atoms with Crippen molar-refractivity contribution in [3.05, 3.63) is 53.8 Å². The van der Waals surface area contributed by atoms with Crippen molar-refractivity contribution in [3.63, 3.8) is 0 Å². The summed E-state index contributed by atoms with van der Waals surface area (Å²) in [5.74, 6) is 1.49. The Bertz CT molecular complexity index is 1320. The summed E-state index contributed by atoms with van der Waals surface area (Å²) >= 11 is 0. The number of nitrogens with one attached hydrogen (secondary N) is 1. The fourth-order valence-corrected chi connectivity index (χ4v) is 8.46. The molecular formula is C33H48FN3O6S. The Hall–Kier alpha value is -2.73. The summed E-state index contributed by atoms with van der Waals surface area (Å²) in [7, 11) is 3.37. The van der Waals surface area contributed by atoms with E-state index >= 15 is 0 Å². The predicted molar refractivity (Wildman–Crippen MR) is 168 cm³/mol. The third-order valence-electron chi connectivity index (χ3n) is 9.06. The monoisotopic (exact) mass is 633 g/mol. The minimum atomic E-state index is -3.78. The third kappa shape index (κ3) is 8.71.